The predicted molar refractivity (Wildman–Crippen MR) is 142 cm³/mol. The van der Waals surface area contributed by atoms with E-state index in [2.05, 4.69) is 10.5 Å². The number of aromatic nitrogens is 2. The molecule has 1 unspecified atom stereocenters. The molecule has 1 N–H and O–H groups in total. The summed E-state index contributed by atoms with van der Waals surface area (Å²) in [5, 5.41) is 7.39. The second-order valence-corrected chi connectivity index (χ2v) is 9.36. The molecule has 2 heterocycles. The molecule has 3 aromatic carbocycles. The normalized spacial score (nSPS) is 15.7. The molecule has 5 rings (SSSR count). The third-order valence-electron chi connectivity index (χ3n) is 6.23. The topological polar surface area (TPSA) is 80.5 Å². The van der Waals surface area contributed by atoms with E-state index in [9.17, 15) is 4.79 Å². The third-order valence-corrected chi connectivity index (χ3v) is 6.97. The Kier molecular flexibility index (Phi) is 6.52. The number of hydrogen-bond acceptors (Lipinski definition) is 6. The summed E-state index contributed by atoms with van der Waals surface area (Å²) in [5.74, 6) is 1.57. The van der Waals surface area contributed by atoms with E-state index in [0.717, 1.165) is 44.3 Å². The van der Waals surface area contributed by atoms with Crippen molar-refractivity contribution in [2.75, 3.05) is 18.3 Å². The van der Waals surface area contributed by atoms with Crippen LogP contribution in [0.4, 0.5) is 10.5 Å². The van der Waals surface area contributed by atoms with E-state index in [-0.39, 0.29) is 6.03 Å². The number of methoxy groups -OCH3 is 1. The van der Waals surface area contributed by atoms with Crippen LogP contribution >= 0.6 is 11.8 Å². The largest absolute Gasteiger partial charge is 0.497 e. The molecule has 8 heteroatoms. The number of rotatable bonds is 6. The first-order chi connectivity index (χ1) is 17.5. The lowest BCUT2D eigenvalue weighted by Crippen LogP contribution is -2.46. The van der Waals surface area contributed by atoms with Crippen LogP contribution < -0.4 is 15.0 Å². The number of ether oxygens (including phenoxy) is 1. The minimum Gasteiger partial charge on any atom is -0.497 e. The molecule has 1 atom stereocenters. The van der Waals surface area contributed by atoms with Gasteiger partial charge in [0.2, 0.25) is 5.82 Å². The maximum absolute atomic E-state index is 13.4. The van der Waals surface area contributed by atoms with E-state index >= 15 is 0 Å². The minimum atomic E-state index is -0.445. The molecular formula is C28H26N4O3S. The Hall–Kier alpha value is -4.04. The molecule has 7 nitrogen and oxygen atoms in total. The molecule has 0 bridgehead atoms. The number of urea groups is 1. The van der Waals surface area contributed by atoms with Gasteiger partial charge in [-0.1, -0.05) is 35.0 Å². The maximum atomic E-state index is 13.4. The van der Waals surface area contributed by atoms with Crippen LogP contribution in [-0.4, -0.2) is 29.5 Å². The van der Waals surface area contributed by atoms with Crippen molar-refractivity contribution in [1.29, 1.82) is 0 Å². The molecule has 0 saturated heterocycles. The highest BCUT2D eigenvalue weighted by Crippen LogP contribution is 2.39. The summed E-state index contributed by atoms with van der Waals surface area (Å²) in [6.45, 7) is 3.93. The van der Waals surface area contributed by atoms with E-state index in [0.29, 0.717) is 11.7 Å². The van der Waals surface area contributed by atoms with E-state index in [1.54, 1.807) is 23.8 Å². The second kappa shape index (κ2) is 9.91. The predicted octanol–water partition coefficient (Wildman–Crippen LogP) is 6.48. The molecule has 36 heavy (non-hydrogen) atoms. The van der Waals surface area contributed by atoms with Crippen LogP contribution in [0, 0.1) is 6.92 Å². The summed E-state index contributed by atoms with van der Waals surface area (Å²) in [5.41, 5.74) is 5.10. The van der Waals surface area contributed by atoms with Crippen molar-refractivity contribution in [1.82, 2.24) is 15.5 Å². The lowest BCUT2D eigenvalue weighted by atomic mass is 9.94. The van der Waals surface area contributed by atoms with Crippen molar-refractivity contribution in [3.63, 3.8) is 0 Å². The van der Waals surface area contributed by atoms with Crippen LogP contribution in [0.15, 0.2) is 87.9 Å². The van der Waals surface area contributed by atoms with Gasteiger partial charge in [0.1, 0.15) is 5.75 Å². The number of benzene rings is 3. The van der Waals surface area contributed by atoms with Gasteiger partial charge in [-0.2, -0.15) is 4.98 Å². The zero-order valence-electron chi connectivity index (χ0n) is 20.5. The first kappa shape index (κ1) is 23.7. The summed E-state index contributed by atoms with van der Waals surface area (Å²) >= 11 is 1.67. The zero-order chi connectivity index (χ0) is 25.2. The second-order valence-electron chi connectivity index (χ2n) is 8.48. The quantitative estimate of drug-likeness (QED) is 0.307. The van der Waals surface area contributed by atoms with Crippen LogP contribution in [0.5, 0.6) is 5.75 Å². The molecule has 0 aliphatic carbocycles. The Bertz CT molecular complexity index is 1410. The summed E-state index contributed by atoms with van der Waals surface area (Å²) in [6, 6.07) is 22.8. The van der Waals surface area contributed by atoms with Gasteiger partial charge in [-0.15, -0.1) is 11.8 Å². The highest BCUT2D eigenvalue weighted by atomic mass is 32.2. The van der Waals surface area contributed by atoms with Gasteiger partial charge < -0.3 is 14.6 Å². The molecule has 0 saturated carbocycles. The summed E-state index contributed by atoms with van der Waals surface area (Å²) < 4.78 is 11.0. The van der Waals surface area contributed by atoms with Gasteiger partial charge in [-0.25, -0.2) is 4.79 Å². The van der Waals surface area contributed by atoms with Gasteiger partial charge in [0.25, 0.3) is 5.89 Å². The summed E-state index contributed by atoms with van der Waals surface area (Å²) in [7, 11) is 1.62. The van der Waals surface area contributed by atoms with Crippen LogP contribution in [0.25, 0.3) is 17.0 Å². The van der Waals surface area contributed by atoms with Crippen LogP contribution in [-0.2, 0) is 0 Å². The van der Waals surface area contributed by atoms with E-state index in [1.165, 1.54) is 0 Å². The van der Waals surface area contributed by atoms with Crippen LogP contribution in [0.1, 0.15) is 30.0 Å². The Morgan fingerprint density at radius 2 is 1.67 bits per heavy atom. The monoisotopic (exact) mass is 498 g/mol. The van der Waals surface area contributed by atoms with Gasteiger partial charge >= 0.3 is 6.03 Å². The number of nitrogens with one attached hydrogen (secondary N) is 1. The van der Waals surface area contributed by atoms with Gasteiger partial charge in [0, 0.05) is 16.2 Å². The molecular weight excluding hydrogens is 472 g/mol. The number of thioether (sulfide) groups is 1. The molecule has 2 amide bonds. The Balaban J connectivity index is 1.62. The highest BCUT2D eigenvalue weighted by Gasteiger charge is 2.36. The van der Waals surface area contributed by atoms with Crippen molar-refractivity contribution in [3.05, 3.63) is 95.5 Å². The van der Waals surface area contributed by atoms with Crippen molar-refractivity contribution in [2.24, 2.45) is 0 Å². The van der Waals surface area contributed by atoms with Gasteiger partial charge in [-0.3, -0.25) is 4.90 Å². The number of hydrogen-bond donors (Lipinski definition) is 1. The lowest BCUT2D eigenvalue weighted by Gasteiger charge is -2.35. The number of anilines is 1. The number of nitrogens with zero attached hydrogens (tertiary/aromatic N) is 3. The molecule has 1 aromatic heterocycles. The number of aryl methyl sites for hydroxylation is 1. The number of allylic oxidation sites excluding steroid dienone is 1. The first-order valence-corrected chi connectivity index (χ1v) is 12.7. The number of amides is 2. The Morgan fingerprint density at radius 3 is 2.31 bits per heavy atom. The molecule has 0 fully saturated rings. The van der Waals surface area contributed by atoms with Gasteiger partial charge in [0.05, 0.1) is 24.4 Å². The van der Waals surface area contributed by atoms with E-state index in [1.807, 2.05) is 92.9 Å². The standard InChI is InChI=1S/C28H26N4O3S/c1-17-5-11-21(12-6-17)32-18(2)24(25(29-28(32)33)19-9-15-23(36-4)16-10-19)27-30-26(31-35-27)20-7-13-22(34-3)14-8-20/h5-16,25H,1-4H3,(H,29,33). The molecule has 0 radical (unpaired) electrons. The Morgan fingerprint density at radius 1 is 0.972 bits per heavy atom. The fourth-order valence-corrected chi connectivity index (χ4v) is 4.67. The molecule has 1 aliphatic rings. The first-order valence-electron chi connectivity index (χ1n) is 11.5. The lowest BCUT2D eigenvalue weighted by molar-refractivity contribution is 0.244. The maximum Gasteiger partial charge on any atom is 0.326 e. The van der Waals surface area contributed by atoms with Crippen molar-refractivity contribution < 1.29 is 14.1 Å². The molecule has 1 aliphatic heterocycles. The highest BCUT2D eigenvalue weighted by molar-refractivity contribution is 7.98. The average Bonchev–Trinajstić information content (AvgIpc) is 3.39. The van der Waals surface area contributed by atoms with Crippen LogP contribution in [0.2, 0.25) is 0 Å². The smallest absolute Gasteiger partial charge is 0.326 e. The minimum absolute atomic E-state index is 0.214. The molecule has 182 valence electrons. The number of carbonyl (C=O) groups excluding carboxylic acids is 1. The summed E-state index contributed by atoms with van der Waals surface area (Å²) in [4.78, 5) is 20.9. The van der Waals surface area contributed by atoms with Gasteiger partial charge in [0.15, 0.2) is 0 Å². The fourth-order valence-electron chi connectivity index (χ4n) is 4.26. The van der Waals surface area contributed by atoms with Crippen molar-refractivity contribution in [2.45, 2.75) is 24.8 Å². The SMILES string of the molecule is COc1ccc(-c2noc(C3=C(C)N(c4ccc(C)cc4)C(=O)NC3c3ccc(SC)cc3)n2)cc1. The van der Waals surface area contributed by atoms with Gasteiger partial charge in [-0.05, 0) is 74.2 Å². The van der Waals surface area contributed by atoms with E-state index in [4.69, 9.17) is 14.2 Å². The zero-order valence-corrected chi connectivity index (χ0v) is 21.3. The molecule has 4 aromatic rings. The fraction of sp³-hybridized carbons (Fsp3) is 0.179. The summed E-state index contributed by atoms with van der Waals surface area (Å²) in [6.07, 6.45) is 2.03. The Labute approximate surface area is 214 Å². The number of carbonyl (C=O) groups is 1. The van der Waals surface area contributed by atoms with Crippen molar-refractivity contribution >= 4 is 29.1 Å². The average molecular weight is 499 g/mol. The van der Waals surface area contributed by atoms with E-state index < -0.39 is 6.04 Å². The third kappa shape index (κ3) is 4.47. The van der Waals surface area contributed by atoms with Crippen molar-refractivity contribution in [3.8, 4) is 17.1 Å². The van der Waals surface area contributed by atoms with Crippen LogP contribution in [0.3, 0.4) is 0 Å². The molecule has 0 spiro atoms.